The van der Waals surface area contributed by atoms with Crippen LogP contribution in [0.5, 0.6) is 5.75 Å². The van der Waals surface area contributed by atoms with Gasteiger partial charge >= 0.3 is 0 Å². The third kappa shape index (κ3) is 5.64. The zero-order chi connectivity index (χ0) is 14.5. The van der Waals surface area contributed by atoms with Crippen molar-refractivity contribution >= 4 is 5.96 Å². The van der Waals surface area contributed by atoms with E-state index in [1.54, 1.807) is 0 Å². The third-order valence-corrected chi connectivity index (χ3v) is 2.53. The van der Waals surface area contributed by atoms with Gasteiger partial charge in [0.25, 0.3) is 0 Å². The van der Waals surface area contributed by atoms with Crippen molar-refractivity contribution in [3.8, 4) is 5.75 Å². The van der Waals surface area contributed by atoms with Gasteiger partial charge in [-0.2, -0.15) is 0 Å². The molecule has 0 saturated carbocycles. The molecule has 0 heterocycles. The van der Waals surface area contributed by atoms with E-state index < -0.39 is 0 Å². The lowest BCUT2D eigenvalue weighted by Gasteiger charge is -2.21. The quantitative estimate of drug-likeness (QED) is 0.498. The Bertz CT molecular complexity index is 427. The number of nitrogens with one attached hydrogen (secondary N) is 1. The Kier molecular flexibility index (Phi) is 5.21. The Hall–Kier alpha value is -1.71. The van der Waals surface area contributed by atoms with E-state index in [0.29, 0.717) is 19.1 Å². The molecule has 0 unspecified atom stereocenters. The Balaban J connectivity index is 2.45. The molecule has 0 fully saturated rings. The van der Waals surface area contributed by atoms with Crippen molar-refractivity contribution in [2.75, 3.05) is 13.2 Å². The van der Waals surface area contributed by atoms with E-state index in [0.717, 1.165) is 16.9 Å². The van der Waals surface area contributed by atoms with Gasteiger partial charge < -0.3 is 15.8 Å². The molecule has 0 aliphatic carbocycles. The summed E-state index contributed by atoms with van der Waals surface area (Å²) < 4.78 is 5.76. The first kappa shape index (κ1) is 15.3. The molecule has 0 saturated heterocycles. The Morgan fingerprint density at radius 2 is 1.84 bits per heavy atom. The summed E-state index contributed by atoms with van der Waals surface area (Å²) in [7, 11) is 0. The van der Waals surface area contributed by atoms with Crippen LogP contribution in [0, 0.1) is 13.8 Å². The second-order valence-corrected chi connectivity index (χ2v) is 5.71. The molecule has 4 heteroatoms. The lowest BCUT2D eigenvalue weighted by atomic mass is 10.1. The van der Waals surface area contributed by atoms with Gasteiger partial charge in [0.2, 0.25) is 0 Å². The molecule has 0 aliphatic rings. The summed E-state index contributed by atoms with van der Waals surface area (Å²) in [5, 5.41) is 3.11. The van der Waals surface area contributed by atoms with E-state index in [9.17, 15) is 0 Å². The van der Waals surface area contributed by atoms with Gasteiger partial charge in [0.15, 0.2) is 5.96 Å². The lowest BCUT2D eigenvalue weighted by molar-refractivity contribution is 0.324. The fourth-order valence-electron chi connectivity index (χ4n) is 1.76. The molecule has 0 bridgehead atoms. The number of nitrogens with two attached hydrogens (primary N) is 1. The number of benzene rings is 1. The minimum atomic E-state index is -0.0684. The maximum Gasteiger partial charge on any atom is 0.189 e. The number of nitrogens with zero attached hydrogens (tertiary/aromatic N) is 1. The van der Waals surface area contributed by atoms with Gasteiger partial charge in [-0.15, -0.1) is 0 Å². The van der Waals surface area contributed by atoms with E-state index >= 15 is 0 Å². The van der Waals surface area contributed by atoms with Crippen LogP contribution in [0.15, 0.2) is 23.2 Å². The van der Waals surface area contributed by atoms with Gasteiger partial charge in [-0.05, 0) is 45.7 Å². The SMILES string of the molecule is Cc1cccc(C)c1OCCN=C(N)NC(C)(C)C. The van der Waals surface area contributed by atoms with Gasteiger partial charge in [0, 0.05) is 5.54 Å². The lowest BCUT2D eigenvalue weighted by Crippen LogP contribution is -2.45. The summed E-state index contributed by atoms with van der Waals surface area (Å²) in [4.78, 5) is 4.24. The summed E-state index contributed by atoms with van der Waals surface area (Å²) in [6.07, 6.45) is 0. The van der Waals surface area contributed by atoms with Crippen LogP contribution in [0.1, 0.15) is 31.9 Å². The second kappa shape index (κ2) is 6.45. The van der Waals surface area contributed by atoms with E-state index in [4.69, 9.17) is 10.5 Å². The summed E-state index contributed by atoms with van der Waals surface area (Å²) >= 11 is 0. The average molecular weight is 263 g/mol. The molecular weight excluding hydrogens is 238 g/mol. The second-order valence-electron chi connectivity index (χ2n) is 5.71. The topological polar surface area (TPSA) is 59.6 Å². The Morgan fingerprint density at radius 3 is 2.37 bits per heavy atom. The van der Waals surface area contributed by atoms with Gasteiger partial charge in [-0.1, -0.05) is 18.2 Å². The predicted octanol–water partition coefficient (Wildman–Crippen LogP) is 2.39. The monoisotopic (exact) mass is 263 g/mol. The summed E-state index contributed by atoms with van der Waals surface area (Å²) in [6.45, 7) is 11.3. The summed E-state index contributed by atoms with van der Waals surface area (Å²) in [6, 6.07) is 6.11. The number of guanidine groups is 1. The fourth-order valence-corrected chi connectivity index (χ4v) is 1.76. The Morgan fingerprint density at radius 1 is 1.26 bits per heavy atom. The highest BCUT2D eigenvalue weighted by atomic mass is 16.5. The molecule has 0 radical (unpaired) electrons. The zero-order valence-electron chi connectivity index (χ0n) is 12.6. The normalized spacial score (nSPS) is 12.4. The van der Waals surface area contributed by atoms with Crippen molar-refractivity contribution in [1.29, 1.82) is 0 Å². The van der Waals surface area contributed by atoms with Crippen LogP contribution in [-0.4, -0.2) is 24.7 Å². The molecule has 19 heavy (non-hydrogen) atoms. The number of hydrogen-bond donors (Lipinski definition) is 2. The van der Waals surface area contributed by atoms with Gasteiger partial charge in [0.05, 0.1) is 6.54 Å². The molecule has 0 aliphatic heterocycles. The molecule has 1 aromatic rings. The van der Waals surface area contributed by atoms with Crippen LogP contribution in [0.2, 0.25) is 0 Å². The number of ether oxygens (including phenoxy) is 1. The number of para-hydroxylation sites is 1. The van der Waals surface area contributed by atoms with E-state index in [-0.39, 0.29) is 5.54 Å². The largest absolute Gasteiger partial charge is 0.491 e. The van der Waals surface area contributed by atoms with Gasteiger partial charge in [0.1, 0.15) is 12.4 Å². The first-order valence-corrected chi connectivity index (χ1v) is 6.57. The molecule has 1 rings (SSSR count). The molecule has 0 amide bonds. The van der Waals surface area contributed by atoms with Crippen molar-refractivity contribution in [2.45, 2.75) is 40.2 Å². The molecule has 106 valence electrons. The third-order valence-electron chi connectivity index (χ3n) is 2.53. The van der Waals surface area contributed by atoms with Crippen molar-refractivity contribution in [3.63, 3.8) is 0 Å². The minimum absolute atomic E-state index is 0.0684. The minimum Gasteiger partial charge on any atom is -0.491 e. The maximum atomic E-state index is 5.78. The fraction of sp³-hybridized carbons (Fsp3) is 0.533. The van der Waals surface area contributed by atoms with E-state index in [2.05, 4.69) is 10.3 Å². The number of aliphatic imine (C=N–C) groups is 1. The average Bonchev–Trinajstić information content (AvgIpc) is 2.25. The summed E-state index contributed by atoms with van der Waals surface area (Å²) in [5.41, 5.74) is 8.00. The van der Waals surface area contributed by atoms with Gasteiger partial charge in [-0.25, -0.2) is 4.99 Å². The van der Waals surface area contributed by atoms with Crippen LogP contribution >= 0.6 is 0 Å². The standard InChI is InChI=1S/C15H25N3O/c1-11-7-6-8-12(2)13(11)19-10-9-17-14(16)18-15(3,4)5/h6-8H,9-10H2,1-5H3,(H3,16,17,18). The highest BCUT2D eigenvalue weighted by Gasteiger charge is 2.09. The van der Waals surface area contributed by atoms with Crippen LogP contribution in [0.4, 0.5) is 0 Å². The maximum absolute atomic E-state index is 5.78. The van der Waals surface area contributed by atoms with Crippen molar-refractivity contribution < 1.29 is 4.74 Å². The number of hydrogen-bond acceptors (Lipinski definition) is 2. The van der Waals surface area contributed by atoms with Crippen LogP contribution in [-0.2, 0) is 0 Å². The molecule has 3 N–H and O–H groups in total. The van der Waals surface area contributed by atoms with Crippen molar-refractivity contribution in [3.05, 3.63) is 29.3 Å². The van der Waals surface area contributed by atoms with E-state index in [1.807, 2.05) is 52.8 Å². The highest BCUT2D eigenvalue weighted by Crippen LogP contribution is 2.21. The number of rotatable bonds is 4. The van der Waals surface area contributed by atoms with Gasteiger partial charge in [-0.3, -0.25) is 0 Å². The summed E-state index contributed by atoms with van der Waals surface area (Å²) in [5.74, 6) is 1.40. The smallest absolute Gasteiger partial charge is 0.189 e. The molecule has 0 atom stereocenters. The van der Waals surface area contributed by atoms with Crippen molar-refractivity contribution in [2.24, 2.45) is 10.7 Å². The Labute approximate surface area is 116 Å². The highest BCUT2D eigenvalue weighted by molar-refractivity contribution is 5.78. The van der Waals surface area contributed by atoms with Crippen LogP contribution < -0.4 is 15.8 Å². The van der Waals surface area contributed by atoms with Crippen LogP contribution in [0.25, 0.3) is 0 Å². The molecule has 4 nitrogen and oxygen atoms in total. The van der Waals surface area contributed by atoms with E-state index in [1.165, 1.54) is 0 Å². The zero-order valence-corrected chi connectivity index (χ0v) is 12.6. The molecule has 0 aromatic heterocycles. The molecule has 1 aromatic carbocycles. The first-order valence-electron chi connectivity index (χ1n) is 6.57. The molecular formula is C15H25N3O. The predicted molar refractivity (Wildman–Crippen MR) is 80.8 cm³/mol. The number of aryl methyl sites for hydroxylation is 2. The first-order chi connectivity index (χ1) is 8.79. The van der Waals surface area contributed by atoms with Crippen LogP contribution in [0.3, 0.4) is 0 Å². The molecule has 0 spiro atoms. The van der Waals surface area contributed by atoms with Crippen molar-refractivity contribution in [1.82, 2.24) is 5.32 Å².